The number of amides is 3. The highest BCUT2D eigenvalue weighted by Crippen LogP contribution is 2.26. The predicted octanol–water partition coefficient (Wildman–Crippen LogP) is 4.34. The summed E-state index contributed by atoms with van der Waals surface area (Å²) in [5.74, 6) is -1.35. The van der Waals surface area contributed by atoms with Gasteiger partial charge in [-0.3, -0.25) is 19.7 Å². The number of carbonyl (C=O) groups excluding carboxylic acids is 3. The van der Waals surface area contributed by atoms with E-state index in [2.05, 4.69) is 26.2 Å². The number of primary amides is 1. The second kappa shape index (κ2) is 10.1. The molecule has 0 fully saturated rings. The number of fused-ring (bicyclic) bond motifs is 1. The summed E-state index contributed by atoms with van der Waals surface area (Å²) in [6.45, 7) is 0.214. The van der Waals surface area contributed by atoms with E-state index in [-0.39, 0.29) is 30.7 Å². The van der Waals surface area contributed by atoms with Gasteiger partial charge in [-0.2, -0.15) is 0 Å². The largest absolute Gasteiger partial charge is 0.370 e. The molecular weight excluding hydrogens is 517 g/mol. The fourth-order valence-corrected chi connectivity index (χ4v) is 3.81. The summed E-state index contributed by atoms with van der Waals surface area (Å²) in [6, 6.07) is 17.3. The smallest absolute Gasteiger partial charge is 0.258 e. The molecule has 0 radical (unpaired) electrons. The summed E-state index contributed by atoms with van der Waals surface area (Å²) in [7, 11) is 1.60. The van der Waals surface area contributed by atoms with Crippen LogP contribution in [-0.4, -0.2) is 34.3 Å². The van der Waals surface area contributed by atoms with Gasteiger partial charge in [0.15, 0.2) is 0 Å². The summed E-state index contributed by atoms with van der Waals surface area (Å²) >= 11 is 3.34. The highest BCUT2D eigenvalue weighted by atomic mass is 79.9. The maximum Gasteiger partial charge on any atom is 0.258 e. The number of anilines is 2. The van der Waals surface area contributed by atoms with E-state index in [0.29, 0.717) is 27.8 Å². The second-order valence-electron chi connectivity index (χ2n) is 7.81. The van der Waals surface area contributed by atoms with Crippen molar-refractivity contribution in [3.05, 3.63) is 88.1 Å². The van der Waals surface area contributed by atoms with Crippen molar-refractivity contribution in [3.63, 3.8) is 0 Å². The number of nitrogens with zero attached hydrogens (tertiary/aromatic N) is 3. The van der Waals surface area contributed by atoms with Crippen LogP contribution in [0.25, 0.3) is 11.0 Å². The van der Waals surface area contributed by atoms with Gasteiger partial charge in [-0.15, -0.1) is 0 Å². The summed E-state index contributed by atoms with van der Waals surface area (Å²) in [6.07, 6.45) is 0.0529. The van der Waals surface area contributed by atoms with Crippen molar-refractivity contribution in [2.45, 2.75) is 13.0 Å². The lowest BCUT2D eigenvalue weighted by Gasteiger charge is -2.17. The number of nitrogens with two attached hydrogens (primary N) is 1. The quantitative estimate of drug-likeness (QED) is 0.365. The molecule has 0 saturated carbocycles. The van der Waals surface area contributed by atoms with Crippen LogP contribution in [0.5, 0.6) is 0 Å². The van der Waals surface area contributed by atoms with Crippen LogP contribution in [0.3, 0.4) is 0 Å². The molecule has 3 amide bonds. The van der Waals surface area contributed by atoms with Gasteiger partial charge >= 0.3 is 0 Å². The van der Waals surface area contributed by atoms with Crippen molar-refractivity contribution in [3.8, 4) is 0 Å². The van der Waals surface area contributed by atoms with Gasteiger partial charge in [0.25, 0.3) is 11.8 Å². The Bertz CT molecular complexity index is 1420. The molecule has 8 nitrogen and oxygen atoms in total. The van der Waals surface area contributed by atoms with E-state index in [1.165, 1.54) is 29.2 Å². The average Bonchev–Trinajstić information content (AvgIpc) is 3.18. The van der Waals surface area contributed by atoms with E-state index in [1.54, 1.807) is 54.1 Å². The summed E-state index contributed by atoms with van der Waals surface area (Å²) in [5, 5.41) is 2.79. The van der Waals surface area contributed by atoms with Gasteiger partial charge in [-0.05, 0) is 66.7 Å². The number of hydrogen-bond donors (Lipinski definition) is 2. The van der Waals surface area contributed by atoms with Crippen LogP contribution < -0.4 is 16.0 Å². The first kappa shape index (κ1) is 24.1. The predicted molar refractivity (Wildman–Crippen MR) is 135 cm³/mol. The molecule has 3 N–H and O–H groups in total. The fraction of sp³-hybridized carbons (Fsp3) is 0.120. The SMILES string of the molecule is CN(C(=O)c1ccc(F)cc1)c1ccc2c(c1)nc(NC(=O)c1ccc(Br)cc1)n2CCC(N)=O. The molecule has 0 spiro atoms. The highest BCUT2D eigenvalue weighted by molar-refractivity contribution is 9.10. The van der Waals surface area contributed by atoms with Crippen molar-refractivity contribution in [2.24, 2.45) is 5.73 Å². The van der Waals surface area contributed by atoms with E-state index >= 15 is 0 Å². The van der Waals surface area contributed by atoms with E-state index in [1.807, 2.05) is 0 Å². The Morgan fingerprint density at radius 3 is 2.34 bits per heavy atom. The van der Waals surface area contributed by atoms with Gasteiger partial charge in [0, 0.05) is 41.3 Å². The third-order valence-corrected chi connectivity index (χ3v) is 5.96. The summed E-state index contributed by atoms with van der Waals surface area (Å²) in [4.78, 5) is 43.0. The van der Waals surface area contributed by atoms with Crippen LogP contribution in [0.1, 0.15) is 27.1 Å². The van der Waals surface area contributed by atoms with Crippen molar-refractivity contribution >= 4 is 56.3 Å². The molecule has 0 aliphatic carbocycles. The Kier molecular flexibility index (Phi) is 6.92. The van der Waals surface area contributed by atoms with Crippen LogP contribution in [0.15, 0.2) is 71.2 Å². The molecule has 0 aliphatic heterocycles. The minimum atomic E-state index is -0.488. The Labute approximate surface area is 208 Å². The van der Waals surface area contributed by atoms with Crippen LogP contribution >= 0.6 is 15.9 Å². The van der Waals surface area contributed by atoms with Crippen LogP contribution in [0.2, 0.25) is 0 Å². The Hall–Kier alpha value is -4.05. The number of benzene rings is 3. The molecule has 0 atom stereocenters. The Morgan fingerprint density at radius 1 is 1.03 bits per heavy atom. The lowest BCUT2D eigenvalue weighted by atomic mass is 10.2. The van der Waals surface area contributed by atoms with Crippen molar-refractivity contribution in [2.75, 3.05) is 17.3 Å². The molecule has 1 heterocycles. The molecule has 0 aliphatic rings. The van der Waals surface area contributed by atoms with Gasteiger partial charge < -0.3 is 15.2 Å². The number of nitrogens with one attached hydrogen (secondary N) is 1. The van der Waals surface area contributed by atoms with Gasteiger partial charge in [0.05, 0.1) is 11.0 Å². The zero-order valence-electron chi connectivity index (χ0n) is 18.7. The molecule has 0 saturated heterocycles. The maximum atomic E-state index is 13.2. The first-order valence-electron chi connectivity index (χ1n) is 10.6. The molecule has 4 aromatic rings. The molecule has 0 unspecified atom stereocenters. The van der Waals surface area contributed by atoms with Gasteiger partial charge in [-0.25, -0.2) is 9.37 Å². The Morgan fingerprint density at radius 2 is 1.69 bits per heavy atom. The van der Waals surface area contributed by atoms with E-state index in [9.17, 15) is 18.8 Å². The molecular formula is C25H21BrFN5O3. The topological polar surface area (TPSA) is 110 Å². The van der Waals surface area contributed by atoms with Gasteiger partial charge in [0.2, 0.25) is 11.9 Å². The highest BCUT2D eigenvalue weighted by Gasteiger charge is 2.18. The number of imidazole rings is 1. The molecule has 4 rings (SSSR count). The number of aromatic nitrogens is 2. The first-order chi connectivity index (χ1) is 16.7. The monoisotopic (exact) mass is 537 g/mol. The maximum absolute atomic E-state index is 13.2. The van der Waals surface area contributed by atoms with Crippen molar-refractivity contribution in [1.29, 1.82) is 0 Å². The number of aryl methyl sites for hydroxylation is 1. The zero-order chi connectivity index (χ0) is 25.1. The lowest BCUT2D eigenvalue weighted by Crippen LogP contribution is -2.26. The van der Waals surface area contributed by atoms with Gasteiger partial charge in [-0.1, -0.05) is 15.9 Å². The summed E-state index contributed by atoms with van der Waals surface area (Å²) < 4.78 is 15.8. The second-order valence-corrected chi connectivity index (χ2v) is 8.72. The zero-order valence-corrected chi connectivity index (χ0v) is 20.3. The van der Waals surface area contributed by atoms with Crippen LogP contribution in [0.4, 0.5) is 16.0 Å². The van der Waals surface area contributed by atoms with E-state index in [0.717, 1.165) is 4.47 Å². The normalized spacial score (nSPS) is 10.8. The molecule has 10 heteroatoms. The number of hydrogen-bond acceptors (Lipinski definition) is 4. The first-order valence-corrected chi connectivity index (χ1v) is 11.4. The third kappa shape index (κ3) is 5.38. The van der Waals surface area contributed by atoms with Crippen LogP contribution in [-0.2, 0) is 11.3 Å². The third-order valence-electron chi connectivity index (χ3n) is 5.43. The standard InChI is InChI=1S/C25H21BrFN5O3/c1-31(24(35)16-4-8-18(27)9-5-16)19-10-11-21-20(14-19)29-25(32(21)13-12-22(28)33)30-23(34)15-2-6-17(26)7-3-15/h2-11,14H,12-13H2,1H3,(H2,28,33)(H,29,30,34). The molecule has 178 valence electrons. The van der Waals surface area contributed by atoms with E-state index in [4.69, 9.17) is 5.73 Å². The molecule has 3 aromatic carbocycles. The Balaban J connectivity index is 1.67. The lowest BCUT2D eigenvalue weighted by molar-refractivity contribution is -0.118. The summed E-state index contributed by atoms with van der Waals surface area (Å²) in [5.41, 5.74) is 7.83. The van der Waals surface area contributed by atoms with Crippen molar-refractivity contribution < 1.29 is 18.8 Å². The number of halogens is 2. The minimum absolute atomic E-state index is 0.0529. The fourth-order valence-electron chi connectivity index (χ4n) is 3.55. The van der Waals surface area contributed by atoms with Gasteiger partial charge in [0.1, 0.15) is 5.82 Å². The number of rotatable bonds is 7. The minimum Gasteiger partial charge on any atom is -0.370 e. The van der Waals surface area contributed by atoms with Crippen molar-refractivity contribution in [1.82, 2.24) is 9.55 Å². The van der Waals surface area contributed by atoms with E-state index < -0.39 is 11.7 Å². The molecule has 0 bridgehead atoms. The molecule has 1 aromatic heterocycles. The van der Waals surface area contributed by atoms with Crippen LogP contribution in [0, 0.1) is 5.82 Å². The average molecular weight is 538 g/mol. The number of carbonyl (C=O) groups is 3. The molecule has 35 heavy (non-hydrogen) atoms.